The van der Waals surface area contributed by atoms with Crippen LogP contribution in [-0.2, 0) is 4.79 Å². The maximum atomic E-state index is 13.6. The number of hydrogen-bond donors (Lipinski definition) is 2. The number of benzene rings is 1. The van der Waals surface area contributed by atoms with E-state index in [4.69, 9.17) is 0 Å². The highest BCUT2D eigenvalue weighted by Gasteiger charge is 2.21. The van der Waals surface area contributed by atoms with Crippen LogP contribution in [0.5, 0.6) is 0 Å². The molecule has 1 amide bonds. The maximum absolute atomic E-state index is 13.6. The SMILES string of the molecule is CC(C)NC(=O)C(C)Nc1c(F)cc([N+](=O)[O-])cc1F. The summed E-state index contributed by atoms with van der Waals surface area (Å²) in [6.45, 7) is 4.92. The number of non-ortho nitro benzene ring substituents is 1. The first-order chi connectivity index (χ1) is 9.22. The molecule has 0 aliphatic carbocycles. The van der Waals surface area contributed by atoms with E-state index in [1.807, 2.05) is 0 Å². The van der Waals surface area contributed by atoms with E-state index in [2.05, 4.69) is 10.6 Å². The molecule has 0 aliphatic heterocycles. The molecule has 1 aromatic rings. The van der Waals surface area contributed by atoms with Crippen LogP contribution in [0.2, 0.25) is 0 Å². The molecule has 8 heteroatoms. The molecule has 6 nitrogen and oxygen atoms in total. The fourth-order valence-corrected chi connectivity index (χ4v) is 1.49. The van der Waals surface area contributed by atoms with Crippen molar-refractivity contribution in [2.45, 2.75) is 32.9 Å². The molecule has 0 fully saturated rings. The van der Waals surface area contributed by atoms with E-state index >= 15 is 0 Å². The lowest BCUT2D eigenvalue weighted by molar-refractivity contribution is -0.385. The normalized spacial score (nSPS) is 12.1. The molecule has 0 saturated heterocycles. The Morgan fingerprint density at radius 1 is 1.25 bits per heavy atom. The summed E-state index contributed by atoms with van der Waals surface area (Å²) in [6.07, 6.45) is 0. The molecule has 0 aromatic heterocycles. The maximum Gasteiger partial charge on any atom is 0.275 e. The number of rotatable bonds is 5. The van der Waals surface area contributed by atoms with Crippen LogP contribution in [0.15, 0.2) is 12.1 Å². The second-order valence-corrected chi connectivity index (χ2v) is 4.57. The van der Waals surface area contributed by atoms with Gasteiger partial charge in [-0.05, 0) is 20.8 Å². The van der Waals surface area contributed by atoms with Crippen molar-refractivity contribution in [3.63, 3.8) is 0 Å². The average molecular weight is 287 g/mol. The Bertz CT molecular complexity index is 512. The largest absolute Gasteiger partial charge is 0.369 e. The summed E-state index contributed by atoms with van der Waals surface area (Å²) in [5.41, 5.74) is -1.26. The Kier molecular flexibility index (Phi) is 4.95. The van der Waals surface area contributed by atoms with E-state index in [0.717, 1.165) is 0 Å². The van der Waals surface area contributed by atoms with Gasteiger partial charge >= 0.3 is 0 Å². The molecule has 110 valence electrons. The number of halogens is 2. The molecule has 0 bridgehead atoms. The number of nitrogens with zero attached hydrogens (tertiary/aromatic N) is 1. The molecular weight excluding hydrogens is 272 g/mol. The number of carbonyl (C=O) groups is 1. The molecule has 1 aromatic carbocycles. The summed E-state index contributed by atoms with van der Waals surface area (Å²) in [7, 11) is 0. The fraction of sp³-hybridized carbons (Fsp3) is 0.417. The quantitative estimate of drug-likeness (QED) is 0.642. The van der Waals surface area contributed by atoms with Gasteiger partial charge in [-0.3, -0.25) is 14.9 Å². The van der Waals surface area contributed by atoms with Crippen molar-refractivity contribution in [3.8, 4) is 0 Å². The molecule has 0 saturated carbocycles. The van der Waals surface area contributed by atoms with Crippen molar-refractivity contribution < 1.29 is 18.5 Å². The van der Waals surface area contributed by atoms with E-state index in [1.165, 1.54) is 6.92 Å². The predicted octanol–water partition coefficient (Wildman–Crippen LogP) is 2.20. The topological polar surface area (TPSA) is 84.3 Å². The van der Waals surface area contributed by atoms with E-state index < -0.39 is 39.9 Å². The molecule has 0 spiro atoms. The Labute approximate surface area is 114 Å². The molecular formula is C12H15F2N3O3. The van der Waals surface area contributed by atoms with Gasteiger partial charge in [0.1, 0.15) is 11.7 Å². The molecule has 0 heterocycles. The van der Waals surface area contributed by atoms with Crippen LogP contribution in [0.4, 0.5) is 20.2 Å². The molecule has 2 N–H and O–H groups in total. The number of hydrogen-bond acceptors (Lipinski definition) is 4. The third kappa shape index (κ3) is 3.87. The van der Waals surface area contributed by atoms with E-state index in [0.29, 0.717) is 12.1 Å². The van der Waals surface area contributed by atoms with Gasteiger partial charge in [0.15, 0.2) is 11.6 Å². The first-order valence-corrected chi connectivity index (χ1v) is 5.92. The summed E-state index contributed by atoms with van der Waals surface area (Å²) in [4.78, 5) is 21.2. The monoisotopic (exact) mass is 287 g/mol. The van der Waals surface area contributed by atoms with Gasteiger partial charge < -0.3 is 10.6 Å². The molecule has 1 unspecified atom stereocenters. The summed E-state index contributed by atoms with van der Waals surface area (Å²) in [6, 6.07) is 0.193. The lowest BCUT2D eigenvalue weighted by Crippen LogP contribution is -2.41. The van der Waals surface area contributed by atoms with Gasteiger partial charge in [-0.25, -0.2) is 8.78 Å². The Hall–Kier alpha value is -2.25. The second kappa shape index (κ2) is 6.27. The Balaban J connectivity index is 2.93. The van der Waals surface area contributed by atoms with Crippen LogP contribution < -0.4 is 10.6 Å². The van der Waals surface area contributed by atoms with Gasteiger partial charge in [0.25, 0.3) is 5.69 Å². The summed E-state index contributed by atoms with van der Waals surface area (Å²) >= 11 is 0. The number of nitro benzene ring substituents is 1. The molecule has 20 heavy (non-hydrogen) atoms. The van der Waals surface area contributed by atoms with Crippen molar-refractivity contribution in [1.82, 2.24) is 5.32 Å². The lowest BCUT2D eigenvalue weighted by Gasteiger charge is -2.17. The summed E-state index contributed by atoms with van der Waals surface area (Å²) in [5.74, 6) is -2.68. The Morgan fingerprint density at radius 2 is 1.75 bits per heavy atom. The molecule has 1 atom stereocenters. The number of nitro groups is 1. The Morgan fingerprint density at radius 3 is 2.15 bits per heavy atom. The first-order valence-electron chi connectivity index (χ1n) is 5.92. The minimum absolute atomic E-state index is 0.113. The van der Waals surface area contributed by atoms with Gasteiger partial charge in [-0.1, -0.05) is 0 Å². The number of anilines is 1. The van der Waals surface area contributed by atoms with E-state index in [9.17, 15) is 23.7 Å². The molecule has 0 aliphatic rings. The van der Waals surface area contributed by atoms with Crippen LogP contribution in [-0.4, -0.2) is 22.9 Å². The van der Waals surface area contributed by atoms with Gasteiger partial charge in [-0.15, -0.1) is 0 Å². The highest BCUT2D eigenvalue weighted by Crippen LogP contribution is 2.25. The zero-order chi connectivity index (χ0) is 15.4. The van der Waals surface area contributed by atoms with Gasteiger partial charge in [0.2, 0.25) is 5.91 Å². The van der Waals surface area contributed by atoms with Crippen molar-refractivity contribution in [2.75, 3.05) is 5.32 Å². The van der Waals surface area contributed by atoms with Crippen LogP contribution in [0.25, 0.3) is 0 Å². The first kappa shape index (κ1) is 15.8. The molecule has 0 radical (unpaired) electrons. The molecule has 1 rings (SSSR count). The average Bonchev–Trinajstić information content (AvgIpc) is 2.32. The summed E-state index contributed by atoms with van der Waals surface area (Å²) < 4.78 is 27.2. The van der Waals surface area contributed by atoms with Crippen LogP contribution in [0.3, 0.4) is 0 Å². The fourth-order valence-electron chi connectivity index (χ4n) is 1.49. The van der Waals surface area contributed by atoms with Crippen LogP contribution in [0, 0.1) is 21.7 Å². The van der Waals surface area contributed by atoms with Gasteiger partial charge in [-0.2, -0.15) is 0 Å². The lowest BCUT2D eigenvalue weighted by atomic mass is 10.2. The number of carbonyl (C=O) groups excluding carboxylic acids is 1. The number of amides is 1. The number of nitrogens with one attached hydrogen (secondary N) is 2. The smallest absolute Gasteiger partial charge is 0.275 e. The van der Waals surface area contributed by atoms with Crippen molar-refractivity contribution in [1.29, 1.82) is 0 Å². The standard InChI is InChI=1S/C12H15F2N3O3/c1-6(2)15-12(18)7(3)16-11-9(13)4-8(17(19)20)5-10(11)14/h4-7,16H,1-3H3,(H,15,18). The highest BCUT2D eigenvalue weighted by molar-refractivity contribution is 5.84. The van der Waals surface area contributed by atoms with Crippen molar-refractivity contribution >= 4 is 17.3 Å². The zero-order valence-corrected chi connectivity index (χ0v) is 11.2. The van der Waals surface area contributed by atoms with Crippen molar-refractivity contribution in [3.05, 3.63) is 33.9 Å². The minimum atomic E-state index is -1.12. The van der Waals surface area contributed by atoms with Crippen LogP contribution >= 0.6 is 0 Å². The van der Waals surface area contributed by atoms with Crippen molar-refractivity contribution in [2.24, 2.45) is 0 Å². The van der Waals surface area contributed by atoms with Crippen LogP contribution in [0.1, 0.15) is 20.8 Å². The van der Waals surface area contributed by atoms with Gasteiger partial charge in [0, 0.05) is 6.04 Å². The second-order valence-electron chi connectivity index (χ2n) is 4.57. The zero-order valence-electron chi connectivity index (χ0n) is 11.2. The van der Waals surface area contributed by atoms with Gasteiger partial charge in [0.05, 0.1) is 17.1 Å². The minimum Gasteiger partial charge on any atom is -0.369 e. The van der Waals surface area contributed by atoms with E-state index in [-0.39, 0.29) is 6.04 Å². The highest BCUT2D eigenvalue weighted by atomic mass is 19.1. The third-order valence-corrected chi connectivity index (χ3v) is 2.42. The summed E-state index contributed by atoms with van der Waals surface area (Å²) in [5, 5.41) is 15.4. The predicted molar refractivity (Wildman–Crippen MR) is 69.4 cm³/mol. The third-order valence-electron chi connectivity index (χ3n) is 2.42. The van der Waals surface area contributed by atoms with E-state index in [1.54, 1.807) is 13.8 Å².